The second kappa shape index (κ2) is 9.95. The molecule has 2 heterocycles. The van der Waals surface area contributed by atoms with Crippen molar-refractivity contribution in [3.63, 3.8) is 0 Å². The van der Waals surface area contributed by atoms with E-state index in [1.54, 1.807) is 0 Å². The van der Waals surface area contributed by atoms with Crippen LogP contribution in [0.4, 0.5) is 13.2 Å². The summed E-state index contributed by atoms with van der Waals surface area (Å²) in [7, 11) is 0. The Morgan fingerprint density at radius 2 is 1.84 bits per heavy atom. The molecule has 7 nitrogen and oxygen atoms in total. The molecule has 170 valence electrons. The summed E-state index contributed by atoms with van der Waals surface area (Å²) in [4.78, 5) is 24.0. The number of nitrogens with zero attached hydrogens (tertiary/aromatic N) is 3. The lowest BCUT2D eigenvalue weighted by Gasteiger charge is -2.19. The smallest absolute Gasteiger partial charge is 0.475 e. The molecule has 3 N–H and O–H groups in total. The van der Waals surface area contributed by atoms with Gasteiger partial charge in [-0.15, -0.1) is 0 Å². The van der Waals surface area contributed by atoms with Gasteiger partial charge in [0.25, 0.3) is 5.91 Å². The minimum absolute atomic E-state index is 0.0875. The molecule has 31 heavy (non-hydrogen) atoms. The van der Waals surface area contributed by atoms with Crippen molar-refractivity contribution in [2.24, 2.45) is 17.6 Å². The Morgan fingerprint density at radius 1 is 1.23 bits per heavy atom. The van der Waals surface area contributed by atoms with E-state index < -0.39 is 12.1 Å². The average Bonchev–Trinajstić information content (AvgIpc) is 3.22. The van der Waals surface area contributed by atoms with Crippen molar-refractivity contribution in [2.45, 2.75) is 33.4 Å². The van der Waals surface area contributed by atoms with Crippen molar-refractivity contribution < 1.29 is 27.9 Å². The van der Waals surface area contributed by atoms with Crippen molar-refractivity contribution in [1.82, 2.24) is 14.7 Å². The number of alkyl halides is 3. The first-order chi connectivity index (χ1) is 14.5. The molecule has 1 aliphatic rings. The average molecular weight is 440 g/mol. The highest BCUT2D eigenvalue weighted by atomic mass is 19.4. The van der Waals surface area contributed by atoms with Gasteiger partial charge in [-0.1, -0.05) is 19.1 Å². The van der Waals surface area contributed by atoms with Crippen LogP contribution in [0.3, 0.4) is 0 Å². The van der Waals surface area contributed by atoms with Crippen LogP contribution in [0.1, 0.15) is 35.1 Å². The summed E-state index contributed by atoms with van der Waals surface area (Å²) in [6.07, 6.45) is -4.11. The molecule has 1 aromatic heterocycles. The number of carboxylic acids is 1. The molecule has 1 fully saturated rings. The number of aryl methyl sites for hydroxylation is 2. The number of hydrogen-bond acceptors (Lipinski definition) is 4. The summed E-state index contributed by atoms with van der Waals surface area (Å²) < 4.78 is 33.6. The van der Waals surface area contributed by atoms with Gasteiger partial charge in [0.1, 0.15) is 0 Å². The van der Waals surface area contributed by atoms with E-state index >= 15 is 0 Å². The lowest BCUT2D eigenvalue weighted by molar-refractivity contribution is -0.192. The normalized spacial score (nSPS) is 18.5. The minimum atomic E-state index is -5.08. The van der Waals surface area contributed by atoms with E-state index in [9.17, 15) is 18.0 Å². The van der Waals surface area contributed by atoms with E-state index in [2.05, 4.69) is 12.0 Å². The predicted octanol–water partition coefficient (Wildman–Crippen LogP) is 3.18. The van der Waals surface area contributed by atoms with Gasteiger partial charge in [0.15, 0.2) is 0 Å². The number of aliphatic carboxylic acids is 1. The molecule has 0 saturated carbocycles. The van der Waals surface area contributed by atoms with Crippen molar-refractivity contribution in [1.29, 1.82) is 0 Å². The van der Waals surface area contributed by atoms with Crippen LogP contribution < -0.4 is 5.73 Å². The van der Waals surface area contributed by atoms with Crippen LogP contribution in [-0.2, 0) is 4.79 Å². The second-order valence-corrected chi connectivity index (χ2v) is 7.68. The number of likely N-dealkylation sites (tertiary alicyclic amines) is 1. The fourth-order valence-electron chi connectivity index (χ4n) is 3.67. The number of carboxylic acid groups (broad SMARTS) is 1. The molecule has 1 aromatic carbocycles. The summed E-state index contributed by atoms with van der Waals surface area (Å²) in [5, 5.41) is 11.7. The van der Waals surface area contributed by atoms with Crippen LogP contribution in [0, 0.1) is 25.7 Å². The van der Waals surface area contributed by atoms with E-state index in [0.29, 0.717) is 23.9 Å². The first-order valence-corrected chi connectivity index (χ1v) is 9.87. The number of rotatable bonds is 4. The van der Waals surface area contributed by atoms with Crippen molar-refractivity contribution in [2.75, 3.05) is 19.6 Å². The molecular formula is C21H27F3N4O3. The Hall–Kier alpha value is -2.88. The highest BCUT2D eigenvalue weighted by Gasteiger charge is 2.38. The quantitative estimate of drug-likeness (QED) is 0.761. The Labute approximate surface area is 178 Å². The van der Waals surface area contributed by atoms with Crippen molar-refractivity contribution in [3.8, 4) is 5.69 Å². The molecule has 0 spiro atoms. The van der Waals surface area contributed by atoms with Crippen LogP contribution in [0.15, 0.2) is 30.3 Å². The molecule has 3 rings (SSSR count). The van der Waals surface area contributed by atoms with Gasteiger partial charge in [-0.25, -0.2) is 9.48 Å². The highest BCUT2D eigenvalue weighted by molar-refractivity contribution is 5.98. The minimum Gasteiger partial charge on any atom is -0.475 e. The number of halogens is 3. The van der Waals surface area contributed by atoms with E-state index in [0.717, 1.165) is 36.6 Å². The first kappa shape index (κ1) is 24.4. The molecule has 0 aliphatic carbocycles. The van der Waals surface area contributed by atoms with Crippen molar-refractivity contribution in [3.05, 3.63) is 47.3 Å². The summed E-state index contributed by atoms with van der Waals surface area (Å²) in [5.41, 5.74) is 9.25. The molecular weight excluding hydrogens is 413 g/mol. The molecule has 1 aliphatic heterocycles. The van der Waals surface area contributed by atoms with Crippen molar-refractivity contribution >= 4 is 11.9 Å². The third kappa shape index (κ3) is 6.06. The largest absolute Gasteiger partial charge is 0.490 e. The van der Waals surface area contributed by atoms with E-state index in [1.807, 2.05) is 53.8 Å². The number of carbonyl (C=O) groups excluding carboxylic acids is 1. The Balaban J connectivity index is 0.000000423. The predicted molar refractivity (Wildman–Crippen MR) is 109 cm³/mol. The van der Waals surface area contributed by atoms with Gasteiger partial charge >= 0.3 is 12.1 Å². The zero-order valence-corrected chi connectivity index (χ0v) is 17.7. The monoisotopic (exact) mass is 440 g/mol. The number of nitrogens with two attached hydrogens (primary N) is 1. The lowest BCUT2D eigenvalue weighted by Crippen LogP contribution is -2.30. The van der Waals surface area contributed by atoms with Crippen LogP contribution in [-0.4, -0.2) is 57.5 Å². The maximum absolute atomic E-state index is 13.1. The number of benzene rings is 1. The van der Waals surface area contributed by atoms with Gasteiger partial charge in [-0.05, 0) is 56.8 Å². The summed E-state index contributed by atoms with van der Waals surface area (Å²) in [6.45, 7) is 8.46. The van der Waals surface area contributed by atoms with Gasteiger partial charge in [0, 0.05) is 18.8 Å². The lowest BCUT2D eigenvalue weighted by atomic mass is 9.95. The highest BCUT2D eigenvalue weighted by Crippen LogP contribution is 2.28. The maximum atomic E-state index is 13.1. The molecule has 0 bridgehead atoms. The van der Waals surface area contributed by atoms with Gasteiger partial charge in [0.2, 0.25) is 0 Å². The van der Waals surface area contributed by atoms with Crippen LogP contribution in [0.5, 0.6) is 0 Å². The molecule has 0 unspecified atom stereocenters. The SMILES string of the molecule is Cc1cc(C)n(-c2ccccc2C(=O)N2C[C@@H](CCN)[C@H](C)C2)n1.O=C(O)C(F)(F)F. The zero-order valence-electron chi connectivity index (χ0n) is 17.7. The van der Waals surface area contributed by atoms with Gasteiger partial charge in [-0.3, -0.25) is 4.79 Å². The fraction of sp³-hybridized carbons (Fsp3) is 0.476. The number of para-hydroxylation sites is 1. The molecule has 2 aromatic rings. The third-order valence-corrected chi connectivity index (χ3v) is 5.21. The summed E-state index contributed by atoms with van der Waals surface area (Å²) in [5.74, 6) is -1.67. The molecule has 10 heteroatoms. The number of aromatic nitrogens is 2. The standard InChI is InChI=1S/C19H26N4O.C2HF3O2/c1-13-11-22(12-16(13)8-9-20)19(24)17-6-4-5-7-18(17)23-15(3)10-14(2)21-23;3-2(4,5)1(6)7/h4-7,10,13,16H,8-9,11-12,20H2,1-3H3;(H,6,7)/t13-,16-;/m1./s1. The van der Waals surface area contributed by atoms with E-state index in [1.165, 1.54) is 0 Å². The Kier molecular flexibility index (Phi) is 7.83. The number of amides is 1. The van der Waals surface area contributed by atoms with Crippen LogP contribution in [0.2, 0.25) is 0 Å². The molecule has 2 atom stereocenters. The van der Waals surface area contributed by atoms with Crippen LogP contribution >= 0.6 is 0 Å². The van der Waals surface area contributed by atoms with Gasteiger partial charge < -0.3 is 15.7 Å². The first-order valence-electron chi connectivity index (χ1n) is 9.87. The Bertz CT molecular complexity index is 927. The summed E-state index contributed by atoms with van der Waals surface area (Å²) in [6, 6.07) is 9.75. The van der Waals surface area contributed by atoms with E-state index in [-0.39, 0.29) is 5.91 Å². The zero-order chi connectivity index (χ0) is 23.3. The number of carbonyl (C=O) groups is 2. The Morgan fingerprint density at radius 3 is 2.35 bits per heavy atom. The maximum Gasteiger partial charge on any atom is 0.490 e. The van der Waals surface area contributed by atoms with Crippen LogP contribution in [0.25, 0.3) is 5.69 Å². The van der Waals surface area contributed by atoms with Gasteiger partial charge in [-0.2, -0.15) is 18.3 Å². The van der Waals surface area contributed by atoms with E-state index in [4.69, 9.17) is 15.6 Å². The molecule has 1 saturated heterocycles. The number of hydrogen-bond donors (Lipinski definition) is 2. The molecule has 0 radical (unpaired) electrons. The molecule has 1 amide bonds. The summed E-state index contributed by atoms with van der Waals surface area (Å²) >= 11 is 0. The second-order valence-electron chi connectivity index (χ2n) is 7.68. The topological polar surface area (TPSA) is 101 Å². The fourth-order valence-corrected chi connectivity index (χ4v) is 3.67. The third-order valence-electron chi connectivity index (χ3n) is 5.21. The van der Waals surface area contributed by atoms with Gasteiger partial charge in [0.05, 0.1) is 16.9 Å².